The van der Waals surface area contributed by atoms with Crippen molar-refractivity contribution < 1.29 is 9.84 Å². The Hall–Kier alpha value is -0.650. The Morgan fingerprint density at radius 2 is 1.58 bits per heavy atom. The second-order valence-corrected chi connectivity index (χ2v) is 7.12. The van der Waals surface area contributed by atoms with Gasteiger partial charge in [0.1, 0.15) is 0 Å². The molecule has 0 unspecified atom stereocenters. The van der Waals surface area contributed by atoms with Gasteiger partial charge >= 0.3 is 0 Å². The zero-order valence-electron chi connectivity index (χ0n) is 14.5. The van der Waals surface area contributed by atoms with Crippen molar-refractivity contribution in [2.45, 2.75) is 32.2 Å². The Labute approximate surface area is 150 Å². The topological polar surface area (TPSA) is 53.5 Å². The lowest BCUT2D eigenvalue weighted by molar-refractivity contribution is 0.0930. The molecule has 0 atom stereocenters. The van der Waals surface area contributed by atoms with Crippen LogP contribution in [-0.4, -0.2) is 44.6 Å². The summed E-state index contributed by atoms with van der Waals surface area (Å²) in [5.41, 5.74) is 1.29. The number of rotatable bonds is 11. The van der Waals surface area contributed by atoms with Crippen molar-refractivity contribution in [1.82, 2.24) is 10.6 Å². The lowest BCUT2D eigenvalue weighted by atomic mass is 9.82. The molecule has 1 saturated carbocycles. The highest BCUT2D eigenvalue weighted by molar-refractivity contribution is 6.30. The van der Waals surface area contributed by atoms with Crippen LogP contribution in [0.1, 0.15) is 31.2 Å². The van der Waals surface area contributed by atoms with Crippen LogP contribution in [0.3, 0.4) is 0 Å². The lowest BCUT2D eigenvalue weighted by Crippen LogP contribution is -2.31. The Morgan fingerprint density at radius 3 is 2.21 bits per heavy atom. The fraction of sp³-hybridized carbons (Fsp3) is 0.684. The summed E-state index contributed by atoms with van der Waals surface area (Å²) in [5.74, 6) is 1.61. The summed E-state index contributed by atoms with van der Waals surface area (Å²) in [4.78, 5) is 0. The van der Waals surface area contributed by atoms with Gasteiger partial charge in [0, 0.05) is 18.1 Å². The maximum atomic E-state index is 8.63. The van der Waals surface area contributed by atoms with E-state index in [4.69, 9.17) is 21.4 Å². The van der Waals surface area contributed by atoms with E-state index in [9.17, 15) is 0 Å². The van der Waals surface area contributed by atoms with Crippen molar-refractivity contribution in [3.05, 3.63) is 34.9 Å². The lowest BCUT2D eigenvalue weighted by Gasteiger charge is -2.29. The van der Waals surface area contributed by atoms with E-state index in [0.29, 0.717) is 13.2 Å². The highest BCUT2D eigenvalue weighted by Crippen LogP contribution is 2.27. The Balaban J connectivity index is 1.49. The van der Waals surface area contributed by atoms with Crippen molar-refractivity contribution >= 4 is 11.6 Å². The third-order valence-electron chi connectivity index (χ3n) is 4.73. The minimum absolute atomic E-state index is 0.107. The zero-order valence-corrected chi connectivity index (χ0v) is 15.2. The second-order valence-electron chi connectivity index (χ2n) is 6.68. The highest BCUT2D eigenvalue weighted by Gasteiger charge is 2.20. The molecule has 4 nitrogen and oxygen atoms in total. The van der Waals surface area contributed by atoms with Crippen LogP contribution < -0.4 is 10.6 Å². The molecule has 3 N–H and O–H groups in total. The monoisotopic (exact) mass is 354 g/mol. The first kappa shape index (κ1) is 19.7. The molecular weight excluding hydrogens is 324 g/mol. The van der Waals surface area contributed by atoms with E-state index in [-0.39, 0.29) is 6.61 Å². The van der Waals surface area contributed by atoms with Gasteiger partial charge < -0.3 is 20.5 Å². The summed E-state index contributed by atoms with van der Waals surface area (Å²) in [7, 11) is 0. The van der Waals surface area contributed by atoms with Gasteiger partial charge in [-0.3, -0.25) is 0 Å². The molecule has 2 rings (SSSR count). The van der Waals surface area contributed by atoms with Gasteiger partial charge in [0.25, 0.3) is 0 Å². The SMILES string of the molecule is OCCOCCNCC1CCC(CNCc2ccc(Cl)cc2)CC1. The van der Waals surface area contributed by atoms with Crippen LogP contribution in [0.5, 0.6) is 0 Å². The van der Waals surface area contributed by atoms with Gasteiger partial charge in [0.15, 0.2) is 0 Å². The average Bonchev–Trinajstić information content (AvgIpc) is 2.61. The molecule has 0 aromatic heterocycles. The second kappa shape index (κ2) is 11.8. The smallest absolute Gasteiger partial charge is 0.0698 e. The van der Waals surface area contributed by atoms with Gasteiger partial charge in [-0.05, 0) is 68.3 Å². The van der Waals surface area contributed by atoms with E-state index in [1.54, 1.807) is 0 Å². The Kier molecular flexibility index (Phi) is 9.69. The summed E-state index contributed by atoms with van der Waals surface area (Å²) < 4.78 is 5.25. The Morgan fingerprint density at radius 1 is 0.958 bits per heavy atom. The van der Waals surface area contributed by atoms with Crippen molar-refractivity contribution in [2.75, 3.05) is 39.5 Å². The largest absolute Gasteiger partial charge is 0.394 e. The van der Waals surface area contributed by atoms with Crippen LogP contribution in [0.25, 0.3) is 0 Å². The predicted molar refractivity (Wildman–Crippen MR) is 99.4 cm³/mol. The molecule has 1 aromatic carbocycles. The number of aliphatic hydroxyl groups is 1. The van der Waals surface area contributed by atoms with Crippen LogP contribution in [0.15, 0.2) is 24.3 Å². The van der Waals surface area contributed by atoms with E-state index >= 15 is 0 Å². The molecule has 136 valence electrons. The number of aliphatic hydroxyl groups excluding tert-OH is 1. The normalized spacial score (nSPS) is 21.1. The summed E-state index contributed by atoms with van der Waals surface area (Å²) in [5, 5.41) is 16.5. The summed E-state index contributed by atoms with van der Waals surface area (Å²) in [6, 6.07) is 8.07. The molecule has 24 heavy (non-hydrogen) atoms. The fourth-order valence-electron chi connectivity index (χ4n) is 3.28. The van der Waals surface area contributed by atoms with Crippen molar-refractivity contribution in [3.63, 3.8) is 0 Å². The fourth-order valence-corrected chi connectivity index (χ4v) is 3.41. The zero-order chi connectivity index (χ0) is 17.0. The van der Waals surface area contributed by atoms with Crippen molar-refractivity contribution in [3.8, 4) is 0 Å². The predicted octanol–water partition coefficient (Wildman–Crippen LogP) is 2.83. The van der Waals surface area contributed by atoms with Crippen LogP contribution >= 0.6 is 11.6 Å². The molecular formula is C19H31ClN2O2. The molecule has 0 bridgehead atoms. The van der Waals surface area contributed by atoms with Crippen LogP contribution in [0.4, 0.5) is 0 Å². The third kappa shape index (κ3) is 7.95. The number of nitrogens with one attached hydrogen (secondary N) is 2. The maximum Gasteiger partial charge on any atom is 0.0698 e. The first-order valence-electron chi connectivity index (χ1n) is 9.12. The molecule has 0 heterocycles. The number of halogens is 1. The minimum Gasteiger partial charge on any atom is -0.394 e. The molecule has 0 spiro atoms. The average molecular weight is 355 g/mol. The van der Waals surface area contributed by atoms with E-state index < -0.39 is 0 Å². The first-order chi connectivity index (χ1) is 11.8. The molecule has 1 fully saturated rings. The quantitative estimate of drug-likeness (QED) is 0.535. The van der Waals surface area contributed by atoms with Gasteiger partial charge in [-0.15, -0.1) is 0 Å². The van der Waals surface area contributed by atoms with Crippen LogP contribution in [0.2, 0.25) is 5.02 Å². The molecule has 0 aliphatic heterocycles. The first-order valence-corrected chi connectivity index (χ1v) is 9.50. The van der Waals surface area contributed by atoms with Crippen molar-refractivity contribution in [1.29, 1.82) is 0 Å². The molecule has 5 heteroatoms. The van der Waals surface area contributed by atoms with Crippen molar-refractivity contribution in [2.24, 2.45) is 11.8 Å². The van der Waals surface area contributed by atoms with E-state index in [0.717, 1.165) is 43.0 Å². The van der Waals surface area contributed by atoms with Gasteiger partial charge in [-0.2, -0.15) is 0 Å². The minimum atomic E-state index is 0.107. The Bertz CT molecular complexity index is 433. The molecule has 0 radical (unpaired) electrons. The molecule has 0 amide bonds. The van der Waals surface area contributed by atoms with Crippen LogP contribution in [-0.2, 0) is 11.3 Å². The van der Waals surface area contributed by atoms with Gasteiger partial charge in [-0.1, -0.05) is 23.7 Å². The van der Waals surface area contributed by atoms with E-state index in [1.165, 1.54) is 31.2 Å². The van der Waals surface area contributed by atoms with Gasteiger partial charge in [-0.25, -0.2) is 0 Å². The number of hydrogen-bond acceptors (Lipinski definition) is 4. The van der Waals surface area contributed by atoms with Gasteiger partial charge in [0.05, 0.1) is 19.8 Å². The number of ether oxygens (including phenoxy) is 1. The summed E-state index contributed by atoms with van der Waals surface area (Å²) in [6.07, 6.45) is 5.28. The van der Waals surface area contributed by atoms with Gasteiger partial charge in [0.2, 0.25) is 0 Å². The van der Waals surface area contributed by atoms with E-state index in [1.807, 2.05) is 12.1 Å². The molecule has 1 aromatic rings. The highest BCUT2D eigenvalue weighted by atomic mass is 35.5. The summed E-state index contributed by atoms with van der Waals surface area (Å²) in [6.45, 7) is 5.23. The maximum absolute atomic E-state index is 8.63. The standard InChI is InChI=1S/C19H31ClN2O2/c20-19-7-5-18(6-8-19)15-22-14-17-3-1-16(2-4-17)13-21-9-11-24-12-10-23/h5-8,16-17,21-23H,1-4,9-15H2. The third-order valence-corrected chi connectivity index (χ3v) is 4.99. The molecule has 1 aliphatic carbocycles. The molecule has 0 saturated heterocycles. The van der Waals surface area contributed by atoms with E-state index in [2.05, 4.69) is 22.8 Å². The summed E-state index contributed by atoms with van der Waals surface area (Å²) >= 11 is 5.91. The molecule has 1 aliphatic rings. The van der Waals surface area contributed by atoms with Crippen LogP contribution in [0, 0.1) is 11.8 Å². The number of hydrogen-bond donors (Lipinski definition) is 3. The number of benzene rings is 1.